The first kappa shape index (κ1) is 22.6. The molecule has 0 bridgehead atoms. The van der Waals surface area contributed by atoms with Gasteiger partial charge in [0, 0.05) is 22.8 Å². The van der Waals surface area contributed by atoms with E-state index in [1.165, 1.54) is 4.90 Å². The lowest BCUT2D eigenvalue weighted by Gasteiger charge is -2.28. The highest BCUT2D eigenvalue weighted by atomic mass is 35.5. The van der Waals surface area contributed by atoms with Gasteiger partial charge in [-0.25, -0.2) is 0 Å². The quantitative estimate of drug-likeness (QED) is 0.414. The average Bonchev–Trinajstić information content (AvgIpc) is 3.26. The lowest BCUT2D eigenvalue weighted by molar-refractivity contribution is -0.153. The van der Waals surface area contributed by atoms with Crippen molar-refractivity contribution in [3.8, 4) is 11.8 Å². The minimum absolute atomic E-state index is 0.0456. The number of carbonyl (C=O) groups is 2. The Balaban J connectivity index is 1.57. The SMILES string of the molecule is Nc1ccc(C#CCNC(=O)[C@H](O)[C@@H](O)C(=O)N2CCCC2c2cccc(Cl)c2)cc1. The Labute approximate surface area is 185 Å². The van der Waals surface area contributed by atoms with E-state index in [1.807, 2.05) is 6.07 Å². The van der Waals surface area contributed by atoms with E-state index in [1.54, 1.807) is 42.5 Å². The molecule has 8 heteroatoms. The van der Waals surface area contributed by atoms with Crippen molar-refractivity contribution in [3.05, 3.63) is 64.7 Å². The van der Waals surface area contributed by atoms with E-state index in [9.17, 15) is 19.8 Å². The number of halogens is 1. The highest BCUT2D eigenvalue weighted by Crippen LogP contribution is 2.33. The smallest absolute Gasteiger partial charge is 0.255 e. The van der Waals surface area contributed by atoms with Crippen LogP contribution in [0.25, 0.3) is 0 Å². The average molecular weight is 442 g/mol. The van der Waals surface area contributed by atoms with Gasteiger partial charge in [-0.15, -0.1) is 0 Å². The van der Waals surface area contributed by atoms with Crippen molar-refractivity contribution in [1.82, 2.24) is 10.2 Å². The van der Waals surface area contributed by atoms with Gasteiger partial charge in [-0.1, -0.05) is 35.6 Å². The fourth-order valence-corrected chi connectivity index (χ4v) is 3.69. The van der Waals surface area contributed by atoms with Crippen LogP contribution >= 0.6 is 11.6 Å². The second-order valence-electron chi connectivity index (χ2n) is 7.28. The molecule has 2 aromatic rings. The molecule has 3 atom stereocenters. The van der Waals surface area contributed by atoms with E-state index >= 15 is 0 Å². The third-order valence-corrected chi connectivity index (χ3v) is 5.32. The van der Waals surface area contributed by atoms with Crippen LogP contribution in [0.2, 0.25) is 5.02 Å². The Kier molecular flexibility index (Phi) is 7.53. The second-order valence-corrected chi connectivity index (χ2v) is 7.71. The first-order valence-corrected chi connectivity index (χ1v) is 10.3. The molecule has 162 valence electrons. The third kappa shape index (κ3) is 5.76. The molecule has 7 nitrogen and oxygen atoms in total. The zero-order valence-electron chi connectivity index (χ0n) is 16.8. The predicted molar refractivity (Wildman–Crippen MR) is 118 cm³/mol. The van der Waals surface area contributed by atoms with Gasteiger partial charge in [-0.3, -0.25) is 9.59 Å². The van der Waals surface area contributed by atoms with Crippen LogP contribution in [0, 0.1) is 11.8 Å². The summed E-state index contributed by atoms with van der Waals surface area (Å²) in [5.74, 6) is 4.02. The van der Waals surface area contributed by atoms with Crippen molar-refractivity contribution >= 4 is 29.1 Å². The summed E-state index contributed by atoms with van der Waals surface area (Å²) < 4.78 is 0. The van der Waals surface area contributed by atoms with Gasteiger partial charge in [0.05, 0.1) is 12.6 Å². The molecular formula is C23H24ClN3O4. The molecule has 31 heavy (non-hydrogen) atoms. The van der Waals surface area contributed by atoms with Crippen LogP contribution in [0.5, 0.6) is 0 Å². The summed E-state index contributed by atoms with van der Waals surface area (Å²) in [7, 11) is 0. The van der Waals surface area contributed by atoms with E-state index in [4.69, 9.17) is 17.3 Å². The highest BCUT2D eigenvalue weighted by Gasteiger charge is 2.38. The van der Waals surface area contributed by atoms with Crippen molar-refractivity contribution in [3.63, 3.8) is 0 Å². The fraction of sp³-hybridized carbons (Fsp3) is 0.304. The number of anilines is 1. The maximum absolute atomic E-state index is 12.8. The third-order valence-electron chi connectivity index (χ3n) is 5.08. The summed E-state index contributed by atoms with van der Waals surface area (Å²) in [6, 6.07) is 13.8. The number of nitrogen functional groups attached to an aromatic ring is 1. The van der Waals surface area contributed by atoms with Gasteiger partial charge in [-0.2, -0.15) is 0 Å². The number of nitrogens with zero attached hydrogens (tertiary/aromatic N) is 1. The standard InChI is InChI=1S/C23H24ClN3O4/c24-17-6-1-5-16(14-17)19-7-3-13-27(19)23(31)21(29)20(28)22(30)26-12-2-4-15-8-10-18(25)11-9-15/h1,5-6,8-11,14,19-21,28-29H,3,7,12-13,25H2,(H,26,30)/t19?,20-,21-/m1/s1. The van der Waals surface area contributed by atoms with Crippen LogP contribution in [0.3, 0.4) is 0 Å². The first-order valence-electron chi connectivity index (χ1n) is 9.91. The van der Waals surface area contributed by atoms with Crippen LogP contribution in [0.1, 0.15) is 30.0 Å². The number of aliphatic hydroxyl groups is 2. The van der Waals surface area contributed by atoms with Gasteiger partial charge in [0.25, 0.3) is 11.8 Å². The molecule has 5 N–H and O–H groups in total. The van der Waals surface area contributed by atoms with Crippen LogP contribution < -0.4 is 11.1 Å². The molecule has 1 fully saturated rings. The molecule has 1 heterocycles. The summed E-state index contributed by atoms with van der Waals surface area (Å²) in [5.41, 5.74) is 7.80. The van der Waals surface area contributed by atoms with Gasteiger partial charge < -0.3 is 26.2 Å². The zero-order chi connectivity index (χ0) is 22.4. The van der Waals surface area contributed by atoms with Crippen molar-refractivity contribution < 1.29 is 19.8 Å². The van der Waals surface area contributed by atoms with Crippen molar-refractivity contribution in [2.24, 2.45) is 0 Å². The Bertz CT molecular complexity index is 1000. The number of likely N-dealkylation sites (tertiary alicyclic amines) is 1. The molecule has 0 spiro atoms. The Morgan fingerprint density at radius 1 is 1.19 bits per heavy atom. The number of nitrogens with one attached hydrogen (secondary N) is 1. The first-order chi connectivity index (χ1) is 14.9. The molecule has 1 unspecified atom stereocenters. The van der Waals surface area contributed by atoms with Gasteiger partial charge in [0.1, 0.15) is 0 Å². The van der Waals surface area contributed by atoms with Gasteiger partial charge in [0.15, 0.2) is 12.2 Å². The number of hydrogen-bond donors (Lipinski definition) is 4. The second kappa shape index (κ2) is 10.3. The maximum Gasteiger partial charge on any atom is 0.255 e. The fourth-order valence-electron chi connectivity index (χ4n) is 3.49. The van der Waals surface area contributed by atoms with Gasteiger partial charge in [-0.05, 0) is 54.8 Å². The monoisotopic (exact) mass is 441 g/mol. The summed E-state index contributed by atoms with van der Waals surface area (Å²) in [6.07, 6.45) is -2.31. The minimum Gasteiger partial charge on any atom is -0.399 e. The summed E-state index contributed by atoms with van der Waals surface area (Å²) in [4.78, 5) is 26.4. The van der Waals surface area contributed by atoms with E-state index in [0.717, 1.165) is 17.5 Å². The van der Waals surface area contributed by atoms with E-state index in [-0.39, 0.29) is 12.6 Å². The molecule has 2 aromatic carbocycles. The van der Waals surface area contributed by atoms with E-state index in [2.05, 4.69) is 17.2 Å². The highest BCUT2D eigenvalue weighted by molar-refractivity contribution is 6.30. The summed E-state index contributed by atoms with van der Waals surface area (Å²) in [6.45, 7) is 0.379. The topological polar surface area (TPSA) is 116 Å². The number of amides is 2. The van der Waals surface area contributed by atoms with Crippen LogP contribution in [-0.2, 0) is 9.59 Å². The molecule has 0 saturated carbocycles. The molecular weight excluding hydrogens is 418 g/mol. The Morgan fingerprint density at radius 2 is 1.94 bits per heavy atom. The lowest BCUT2D eigenvalue weighted by Crippen LogP contribution is -2.50. The zero-order valence-corrected chi connectivity index (χ0v) is 17.5. The van der Waals surface area contributed by atoms with E-state index in [0.29, 0.717) is 23.7 Å². The molecule has 1 saturated heterocycles. The maximum atomic E-state index is 12.8. The van der Waals surface area contributed by atoms with Gasteiger partial charge in [0.2, 0.25) is 0 Å². The molecule has 0 aromatic heterocycles. The molecule has 0 aliphatic carbocycles. The molecule has 1 aliphatic rings. The molecule has 2 amide bonds. The largest absolute Gasteiger partial charge is 0.399 e. The summed E-state index contributed by atoms with van der Waals surface area (Å²) in [5, 5.41) is 23.5. The normalized spacial score (nSPS) is 17.4. The van der Waals surface area contributed by atoms with Crippen molar-refractivity contribution in [2.45, 2.75) is 31.1 Å². The predicted octanol–water partition coefficient (Wildman–Crippen LogP) is 1.48. The van der Waals surface area contributed by atoms with Crippen molar-refractivity contribution in [2.75, 3.05) is 18.8 Å². The molecule has 3 rings (SSSR count). The number of rotatable bonds is 5. The van der Waals surface area contributed by atoms with Crippen LogP contribution in [-0.4, -0.2) is 52.2 Å². The van der Waals surface area contributed by atoms with Crippen LogP contribution in [0.15, 0.2) is 48.5 Å². The lowest BCUT2D eigenvalue weighted by atomic mass is 10.0. The Hall–Kier alpha value is -3.05. The number of benzene rings is 2. The number of aliphatic hydroxyl groups excluding tert-OH is 2. The Morgan fingerprint density at radius 3 is 2.65 bits per heavy atom. The van der Waals surface area contributed by atoms with Gasteiger partial charge >= 0.3 is 0 Å². The van der Waals surface area contributed by atoms with E-state index < -0.39 is 24.0 Å². The number of carbonyl (C=O) groups excluding carboxylic acids is 2. The van der Waals surface area contributed by atoms with Crippen molar-refractivity contribution in [1.29, 1.82) is 0 Å². The molecule has 1 aliphatic heterocycles. The number of nitrogens with two attached hydrogens (primary N) is 1. The molecule has 0 radical (unpaired) electrons. The summed E-state index contributed by atoms with van der Waals surface area (Å²) >= 11 is 6.05. The minimum atomic E-state index is -1.90. The number of hydrogen-bond acceptors (Lipinski definition) is 5. The van der Waals surface area contributed by atoms with Crippen LogP contribution in [0.4, 0.5) is 5.69 Å².